The quantitative estimate of drug-likeness (QED) is 0.507. The largest absolute Gasteiger partial charge is 0.481 e. The Balaban J connectivity index is 1.83. The van der Waals surface area contributed by atoms with E-state index in [1.807, 2.05) is 19.9 Å². The fourth-order valence-corrected chi connectivity index (χ4v) is 5.56. The van der Waals surface area contributed by atoms with Gasteiger partial charge in [-0.15, -0.1) is 0 Å². The molecule has 166 valence electrons. The van der Waals surface area contributed by atoms with Crippen molar-refractivity contribution in [2.45, 2.75) is 43.1 Å². The highest BCUT2D eigenvalue weighted by atomic mass is 79.9. The maximum Gasteiger partial charge on any atom is 0.310 e. The van der Waals surface area contributed by atoms with E-state index >= 15 is 0 Å². The Bertz CT molecular complexity index is 1180. The van der Waals surface area contributed by atoms with Crippen molar-refractivity contribution in [3.8, 4) is 5.75 Å². The third-order valence-electron chi connectivity index (χ3n) is 6.71. The molecule has 1 fully saturated rings. The van der Waals surface area contributed by atoms with Crippen molar-refractivity contribution in [1.29, 1.82) is 0 Å². The molecule has 0 spiro atoms. The van der Waals surface area contributed by atoms with Crippen LogP contribution in [-0.2, 0) is 16.0 Å². The second-order valence-electron chi connectivity index (χ2n) is 8.72. The fourth-order valence-electron chi connectivity index (χ4n) is 5.30. The minimum Gasteiger partial charge on any atom is -0.481 e. The number of benzene rings is 2. The number of ether oxygens (including phenoxy) is 1. The van der Waals surface area contributed by atoms with Gasteiger partial charge in [-0.2, -0.15) is 5.10 Å². The Morgan fingerprint density at radius 1 is 1.16 bits per heavy atom. The molecule has 1 aliphatic carbocycles. The molecule has 3 aromatic rings. The summed E-state index contributed by atoms with van der Waals surface area (Å²) in [4.78, 5) is 12.5. The van der Waals surface area contributed by atoms with Crippen LogP contribution in [0.25, 0.3) is 0 Å². The van der Waals surface area contributed by atoms with E-state index in [0.717, 1.165) is 4.47 Å². The second-order valence-corrected chi connectivity index (χ2v) is 9.64. The minimum atomic E-state index is -2.07. The summed E-state index contributed by atoms with van der Waals surface area (Å²) in [5.74, 6) is -3.06. The zero-order chi connectivity index (χ0) is 22.8. The van der Waals surface area contributed by atoms with Gasteiger partial charge in [0.1, 0.15) is 11.8 Å². The van der Waals surface area contributed by atoms with Crippen molar-refractivity contribution in [1.82, 2.24) is 9.78 Å². The zero-order valence-electron chi connectivity index (χ0n) is 17.5. The first kappa shape index (κ1) is 21.2. The average Bonchev–Trinajstić information content (AvgIpc) is 3.35. The van der Waals surface area contributed by atoms with Crippen LogP contribution in [0.1, 0.15) is 42.6 Å². The summed E-state index contributed by atoms with van der Waals surface area (Å²) in [6.07, 6.45) is 0.0483. The topological polar surface area (TPSA) is 105 Å². The molecule has 1 aromatic heterocycles. The molecule has 1 aliphatic heterocycles. The number of carboxylic acids is 1. The Hall–Kier alpha value is -2.68. The van der Waals surface area contributed by atoms with E-state index in [1.165, 1.54) is 0 Å². The van der Waals surface area contributed by atoms with Gasteiger partial charge in [0, 0.05) is 16.4 Å². The van der Waals surface area contributed by atoms with Gasteiger partial charge in [0.25, 0.3) is 0 Å². The number of carbonyl (C=O) groups is 1. The van der Waals surface area contributed by atoms with Crippen LogP contribution in [0.3, 0.4) is 0 Å². The molecular formula is C24H23BrN2O5. The standard InChI is InChI=1S/C24H23BrN2O5/c1-13(2)27-12-17-20(26-27)23(31)21(28)18(22(29)30)19(14-6-4-3-5-7-14)24(23,32-17)15-8-10-16(25)11-9-15/h3-13,18-19,21,28,31H,1-2H3,(H,29,30)/t18-,19-,21-,23+,24+/m1/s1. The number of hydrogen-bond acceptors (Lipinski definition) is 5. The summed E-state index contributed by atoms with van der Waals surface area (Å²) >= 11 is 3.43. The van der Waals surface area contributed by atoms with E-state index in [-0.39, 0.29) is 11.7 Å². The Kier molecular flexibility index (Phi) is 4.74. The molecule has 0 unspecified atom stereocenters. The summed E-state index contributed by atoms with van der Waals surface area (Å²) in [6.45, 7) is 3.87. The van der Waals surface area contributed by atoms with Gasteiger partial charge in [0.2, 0.25) is 0 Å². The molecule has 0 radical (unpaired) electrons. The highest BCUT2D eigenvalue weighted by Crippen LogP contribution is 2.68. The van der Waals surface area contributed by atoms with E-state index in [1.54, 1.807) is 59.4 Å². The van der Waals surface area contributed by atoms with Crippen LogP contribution in [0.4, 0.5) is 0 Å². The van der Waals surface area contributed by atoms with Crippen molar-refractivity contribution in [2.75, 3.05) is 0 Å². The van der Waals surface area contributed by atoms with Crippen molar-refractivity contribution < 1.29 is 24.9 Å². The van der Waals surface area contributed by atoms with Crippen LogP contribution in [0.15, 0.2) is 65.3 Å². The zero-order valence-corrected chi connectivity index (χ0v) is 19.1. The molecule has 2 aliphatic rings. The Morgan fingerprint density at radius 3 is 2.41 bits per heavy atom. The lowest BCUT2D eigenvalue weighted by molar-refractivity contribution is -0.161. The molecular weight excluding hydrogens is 476 g/mol. The number of aliphatic carboxylic acids is 1. The minimum absolute atomic E-state index is 0.00591. The lowest BCUT2D eigenvalue weighted by Crippen LogP contribution is -2.52. The van der Waals surface area contributed by atoms with Gasteiger partial charge < -0.3 is 20.1 Å². The first-order valence-corrected chi connectivity index (χ1v) is 11.2. The maximum atomic E-state index is 12.5. The van der Waals surface area contributed by atoms with Crippen molar-refractivity contribution >= 4 is 21.9 Å². The molecule has 5 rings (SSSR count). The highest BCUT2D eigenvalue weighted by molar-refractivity contribution is 9.10. The number of aliphatic hydroxyl groups is 2. The summed E-state index contributed by atoms with van der Waals surface area (Å²) in [5, 5.41) is 38.4. The third kappa shape index (κ3) is 2.60. The van der Waals surface area contributed by atoms with Crippen LogP contribution >= 0.6 is 15.9 Å². The normalized spacial score (nSPS) is 30.8. The maximum absolute atomic E-state index is 12.5. The summed E-state index contributed by atoms with van der Waals surface area (Å²) in [7, 11) is 0. The number of nitrogens with zero attached hydrogens (tertiary/aromatic N) is 2. The van der Waals surface area contributed by atoms with Crippen LogP contribution in [0.5, 0.6) is 5.75 Å². The number of aliphatic hydroxyl groups excluding tert-OH is 1. The highest BCUT2D eigenvalue weighted by Gasteiger charge is 2.78. The molecule has 2 aromatic carbocycles. The summed E-state index contributed by atoms with van der Waals surface area (Å²) in [6, 6.07) is 16.2. The SMILES string of the molecule is CC(C)n1cc2c(n1)[C@]1(O)[C@H](O)[C@H](C(=O)O)[C@@H](c3ccccc3)[C@]1(c1ccc(Br)cc1)O2. The lowest BCUT2D eigenvalue weighted by Gasteiger charge is -2.40. The van der Waals surface area contributed by atoms with Crippen molar-refractivity contribution in [2.24, 2.45) is 5.92 Å². The number of rotatable bonds is 4. The van der Waals surface area contributed by atoms with Gasteiger partial charge in [-0.05, 0) is 37.1 Å². The van der Waals surface area contributed by atoms with E-state index in [2.05, 4.69) is 21.0 Å². The Morgan fingerprint density at radius 2 is 1.81 bits per heavy atom. The van der Waals surface area contributed by atoms with Crippen molar-refractivity contribution in [3.63, 3.8) is 0 Å². The average molecular weight is 499 g/mol. The third-order valence-corrected chi connectivity index (χ3v) is 7.24. The monoisotopic (exact) mass is 498 g/mol. The molecule has 0 amide bonds. The molecule has 2 heterocycles. The van der Waals surface area contributed by atoms with Gasteiger partial charge in [0.15, 0.2) is 17.0 Å². The van der Waals surface area contributed by atoms with Crippen LogP contribution < -0.4 is 4.74 Å². The number of halogens is 1. The lowest BCUT2D eigenvalue weighted by atomic mass is 9.71. The van der Waals surface area contributed by atoms with Crippen LogP contribution in [0, 0.1) is 5.92 Å². The molecule has 1 saturated carbocycles. The molecule has 3 N–H and O–H groups in total. The summed E-state index contributed by atoms with van der Waals surface area (Å²) in [5.41, 5.74) is -2.27. The molecule has 0 saturated heterocycles. The van der Waals surface area contributed by atoms with E-state index in [0.29, 0.717) is 16.9 Å². The van der Waals surface area contributed by atoms with Crippen LogP contribution in [-0.4, -0.2) is 37.2 Å². The van der Waals surface area contributed by atoms with Crippen molar-refractivity contribution in [3.05, 3.63) is 82.1 Å². The number of hydrogen-bond donors (Lipinski definition) is 3. The predicted octanol–water partition coefficient (Wildman–Crippen LogP) is 3.56. The van der Waals surface area contributed by atoms with Gasteiger partial charge in [-0.25, -0.2) is 0 Å². The predicted molar refractivity (Wildman–Crippen MR) is 119 cm³/mol. The molecule has 0 bridgehead atoms. The molecule has 32 heavy (non-hydrogen) atoms. The summed E-state index contributed by atoms with van der Waals surface area (Å²) < 4.78 is 8.99. The molecule has 7 nitrogen and oxygen atoms in total. The van der Waals surface area contributed by atoms with Gasteiger partial charge in [-0.3, -0.25) is 9.48 Å². The first-order chi connectivity index (χ1) is 15.2. The Labute approximate surface area is 193 Å². The number of aromatic nitrogens is 2. The van der Waals surface area contributed by atoms with E-state index in [4.69, 9.17) is 4.74 Å². The van der Waals surface area contributed by atoms with Gasteiger partial charge in [-0.1, -0.05) is 58.4 Å². The number of fused-ring (bicyclic) bond motifs is 3. The number of carboxylic acid groups (broad SMARTS) is 1. The smallest absolute Gasteiger partial charge is 0.310 e. The van der Waals surface area contributed by atoms with E-state index < -0.39 is 35.1 Å². The van der Waals surface area contributed by atoms with E-state index in [9.17, 15) is 20.1 Å². The molecule has 5 atom stereocenters. The fraction of sp³-hybridized carbons (Fsp3) is 0.333. The van der Waals surface area contributed by atoms with Gasteiger partial charge >= 0.3 is 5.97 Å². The molecule has 8 heteroatoms. The van der Waals surface area contributed by atoms with Gasteiger partial charge in [0.05, 0.1) is 12.1 Å². The second kappa shape index (κ2) is 7.16. The van der Waals surface area contributed by atoms with Crippen LogP contribution in [0.2, 0.25) is 0 Å². The first-order valence-electron chi connectivity index (χ1n) is 10.4.